The molecule has 0 radical (unpaired) electrons. The predicted molar refractivity (Wildman–Crippen MR) is 251 cm³/mol. The zero-order valence-electron chi connectivity index (χ0n) is 32.9. The first-order valence-corrected chi connectivity index (χ1v) is 20.7. The van der Waals surface area contributed by atoms with E-state index in [0.717, 1.165) is 5.69 Å². The fourth-order valence-corrected chi connectivity index (χ4v) is 10.7. The number of nitrogens with zero attached hydrogens (tertiary/aromatic N) is 2. The van der Waals surface area contributed by atoms with E-state index in [9.17, 15) is 0 Å². The van der Waals surface area contributed by atoms with Crippen molar-refractivity contribution >= 4 is 75.9 Å². The molecule has 12 aromatic rings. The minimum Gasteiger partial charge on any atom is -0.309 e. The van der Waals surface area contributed by atoms with Crippen molar-refractivity contribution in [3.8, 4) is 33.6 Å². The van der Waals surface area contributed by atoms with Crippen LogP contribution in [0.2, 0.25) is 0 Å². The minimum atomic E-state index is -0.0903. The first kappa shape index (κ1) is 32.6. The van der Waals surface area contributed by atoms with Crippen LogP contribution in [0.25, 0.3) is 110 Å². The number of para-hydroxylation sites is 2. The first-order valence-electron chi connectivity index (χ1n) is 20.7. The number of fused-ring (bicyclic) bond motifs is 15. The van der Waals surface area contributed by atoms with Gasteiger partial charge in [0.2, 0.25) is 0 Å². The lowest BCUT2D eigenvalue weighted by molar-refractivity contribution is 0.661. The van der Waals surface area contributed by atoms with Gasteiger partial charge in [-0.05, 0) is 132 Å². The minimum absolute atomic E-state index is 0.0903. The normalized spacial score (nSPS) is 13.4. The molecule has 0 bridgehead atoms. The van der Waals surface area contributed by atoms with E-state index in [0.29, 0.717) is 0 Å². The zero-order chi connectivity index (χ0) is 39.0. The van der Waals surface area contributed by atoms with E-state index in [1.807, 2.05) is 0 Å². The van der Waals surface area contributed by atoms with Crippen LogP contribution >= 0.6 is 0 Å². The summed E-state index contributed by atoms with van der Waals surface area (Å²) in [6.45, 7) is 4.75. The van der Waals surface area contributed by atoms with E-state index >= 15 is 0 Å². The van der Waals surface area contributed by atoms with Crippen LogP contribution in [-0.2, 0) is 5.41 Å². The molecule has 13 rings (SSSR count). The number of rotatable bonds is 3. The quantitative estimate of drug-likeness (QED) is 0.159. The Balaban J connectivity index is 1.06. The summed E-state index contributed by atoms with van der Waals surface area (Å²) in [7, 11) is 0. The molecule has 0 unspecified atom stereocenters. The van der Waals surface area contributed by atoms with Crippen molar-refractivity contribution in [1.29, 1.82) is 0 Å². The summed E-state index contributed by atoms with van der Waals surface area (Å²) in [6.07, 6.45) is 0. The molecule has 276 valence electrons. The van der Waals surface area contributed by atoms with Crippen LogP contribution in [0.5, 0.6) is 0 Å². The second kappa shape index (κ2) is 11.8. The molecule has 1 aliphatic rings. The van der Waals surface area contributed by atoms with Gasteiger partial charge in [0.15, 0.2) is 0 Å². The van der Waals surface area contributed by atoms with Gasteiger partial charge in [-0.3, -0.25) is 0 Å². The molecule has 2 heterocycles. The van der Waals surface area contributed by atoms with Crippen LogP contribution < -0.4 is 0 Å². The van der Waals surface area contributed by atoms with E-state index < -0.39 is 0 Å². The highest BCUT2D eigenvalue weighted by Crippen LogP contribution is 2.51. The molecule has 0 saturated heterocycles. The number of benzene rings is 10. The Labute approximate surface area is 341 Å². The van der Waals surface area contributed by atoms with Gasteiger partial charge in [0.05, 0.1) is 22.1 Å². The Bertz CT molecular complexity index is 3710. The molecule has 59 heavy (non-hydrogen) atoms. The fraction of sp³-hybridized carbons (Fsp3) is 0.0526. The lowest BCUT2D eigenvalue weighted by Gasteiger charge is -2.21. The molecular weight excluding hydrogens is 713 g/mol. The van der Waals surface area contributed by atoms with Crippen LogP contribution in [0.1, 0.15) is 25.0 Å². The van der Waals surface area contributed by atoms with Crippen LogP contribution in [-0.4, -0.2) is 9.13 Å². The Kier molecular flexibility index (Phi) is 6.54. The average molecular weight is 751 g/mol. The van der Waals surface area contributed by atoms with Crippen molar-refractivity contribution < 1.29 is 0 Å². The topological polar surface area (TPSA) is 9.86 Å². The van der Waals surface area contributed by atoms with Crippen molar-refractivity contribution in [3.63, 3.8) is 0 Å². The van der Waals surface area contributed by atoms with E-state index in [4.69, 9.17) is 0 Å². The monoisotopic (exact) mass is 750 g/mol. The van der Waals surface area contributed by atoms with Gasteiger partial charge in [0, 0.05) is 38.3 Å². The molecule has 10 aromatic carbocycles. The van der Waals surface area contributed by atoms with Crippen LogP contribution in [0.3, 0.4) is 0 Å². The van der Waals surface area contributed by atoms with Gasteiger partial charge in [-0.1, -0.05) is 141 Å². The van der Waals surface area contributed by atoms with Gasteiger partial charge in [-0.25, -0.2) is 0 Å². The summed E-state index contributed by atoms with van der Waals surface area (Å²) in [6, 6.07) is 72.4. The van der Waals surface area contributed by atoms with Crippen molar-refractivity contribution in [2.24, 2.45) is 0 Å². The van der Waals surface area contributed by atoms with E-state index in [1.54, 1.807) is 0 Å². The third kappa shape index (κ3) is 4.46. The second-order valence-corrected chi connectivity index (χ2v) is 16.9. The number of aromatic nitrogens is 2. The van der Waals surface area contributed by atoms with Crippen molar-refractivity contribution in [2.75, 3.05) is 0 Å². The molecule has 2 nitrogen and oxygen atoms in total. The summed E-state index contributed by atoms with van der Waals surface area (Å²) < 4.78 is 4.93. The molecule has 2 aromatic heterocycles. The Hall–Kier alpha value is -7.42. The third-order valence-electron chi connectivity index (χ3n) is 13.5. The fourth-order valence-electron chi connectivity index (χ4n) is 10.7. The molecule has 0 spiro atoms. The maximum Gasteiger partial charge on any atom is 0.0544 e. The largest absolute Gasteiger partial charge is 0.309 e. The maximum atomic E-state index is 2.50. The predicted octanol–water partition coefficient (Wildman–Crippen LogP) is 15.3. The van der Waals surface area contributed by atoms with Gasteiger partial charge in [0.25, 0.3) is 0 Å². The highest BCUT2D eigenvalue weighted by atomic mass is 15.0. The van der Waals surface area contributed by atoms with E-state index in [-0.39, 0.29) is 5.41 Å². The standard InChI is InChI=1S/C57H38N2/c1-57(2)51-22-12-10-20-44(51)47-33-50-45-21-11-13-23-53(45)59(56(50)34-52(47)57)38-26-29-55-49(32-38)48-31-36(25-28-54(48)58(55)37-14-4-3-5-15-37)35-24-27-43-41-18-7-6-16-39(41)40-17-8-9-19-42(40)46(43)30-35/h3-34H,1-2H3. The van der Waals surface area contributed by atoms with Gasteiger partial charge >= 0.3 is 0 Å². The number of hydrogen-bond acceptors (Lipinski definition) is 0. The molecule has 0 N–H and O–H groups in total. The van der Waals surface area contributed by atoms with Gasteiger partial charge in [-0.2, -0.15) is 0 Å². The van der Waals surface area contributed by atoms with Crippen molar-refractivity contribution in [2.45, 2.75) is 19.3 Å². The van der Waals surface area contributed by atoms with Gasteiger partial charge in [0.1, 0.15) is 0 Å². The molecule has 0 aliphatic heterocycles. The summed E-state index contributed by atoms with van der Waals surface area (Å²) in [5, 5.41) is 12.8. The lowest BCUT2D eigenvalue weighted by Crippen LogP contribution is -2.14. The smallest absolute Gasteiger partial charge is 0.0544 e. The molecule has 0 saturated carbocycles. The van der Waals surface area contributed by atoms with Gasteiger partial charge in [-0.15, -0.1) is 0 Å². The summed E-state index contributed by atoms with van der Waals surface area (Å²) in [4.78, 5) is 0. The number of hydrogen-bond donors (Lipinski definition) is 0. The van der Waals surface area contributed by atoms with E-state index in [2.05, 4.69) is 217 Å². The van der Waals surface area contributed by atoms with Crippen LogP contribution in [0, 0.1) is 0 Å². The van der Waals surface area contributed by atoms with Crippen LogP contribution in [0.4, 0.5) is 0 Å². The molecule has 0 atom stereocenters. The summed E-state index contributed by atoms with van der Waals surface area (Å²) in [5.41, 5.74) is 15.0. The van der Waals surface area contributed by atoms with Crippen LogP contribution in [0.15, 0.2) is 194 Å². The highest BCUT2D eigenvalue weighted by Gasteiger charge is 2.36. The third-order valence-corrected chi connectivity index (χ3v) is 13.5. The summed E-state index contributed by atoms with van der Waals surface area (Å²) >= 11 is 0. The first-order chi connectivity index (χ1) is 29.0. The molecule has 2 heteroatoms. The average Bonchev–Trinajstić information content (AvgIpc) is 3.88. The Morgan fingerprint density at radius 1 is 0.288 bits per heavy atom. The van der Waals surface area contributed by atoms with Crippen molar-refractivity contribution in [3.05, 3.63) is 205 Å². The SMILES string of the molecule is CC1(C)c2ccccc2-c2cc3c4ccccc4n(-c4ccc5c(c4)c4cc(-c6ccc7c8ccccc8c8ccccc8c7c6)ccc4n5-c4ccccc4)c3cc21. The maximum absolute atomic E-state index is 2.50. The lowest BCUT2D eigenvalue weighted by atomic mass is 9.82. The Morgan fingerprint density at radius 3 is 1.54 bits per heavy atom. The molecule has 0 amide bonds. The zero-order valence-corrected chi connectivity index (χ0v) is 32.9. The highest BCUT2D eigenvalue weighted by molar-refractivity contribution is 6.26. The molecular formula is C57H38N2. The van der Waals surface area contributed by atoms with E-state index in [1.165, 1.54) is 115 Å². The second-order valence-electron chi connectivity index (χ2n) is 16.9. The van der Waals surface area contributed by atoms with Crippen molar-refractivity contribution in [1.82, 2.24) is 9.13 Å². The molecule has 0 fully saturated rings. The van der Waals surface area contributed by atoms with Gasteiger partial charge < -0.3 is 9.13 Å². The summed E-state index contributed by atoms with van der Waals surface area (Å²) in [5.74, 6) is 0. The molecule has 1 aliphatic carbocycles. The Morgan fingerprint density at radius 2 is 0.797 bits per heavy atom.